The lowest BCUT2D eigenvalue weighted by atomic mass is 10.1. The van der Waals surface area contributed by atoms with Crippen LogP contribution in [0.25, 0.3) is 22.4 Å². The summed E-state index contributed by atoms with van der Waals surface area (Å²) in [6.45, 7) is 5.24. The highest BCUT2D eigenvalue weighted by molar-refractivity contribution is 7.89. The van der Waals surface area contributed by atoms with Crippen LogP contribution in [0.2, 0.25) is 0 Å². The number of carbonyl (C=O) groups is 1. The number of sulfonamides is 1. The zero-order valence-electron chi connectivity index (χ0n) is 17.8. The van der Waals surface area contributed by atoms with Gasteiger partial charge in [-0.2, -0.15) is 0 Å². The lowest BCUT2D eigenvalue weighted by molar-refractivity contribution is 0.102. The van der Waals surface area contributed by atoms with Gasteiger partial charge in [0.15, 0.2) is 0 Å². The summed E-state index contributed by atoms with van der Waals surface area (Å²) < 4.78 is 32.5. The van der Waals surface area contributed by atoms with Crippen LogP contribution in [0.4, 0.5) is 5.69 Å². The smallest absolute Gasteiger partial charge is 0.259 e. The first-order valence-corrected chi connectivity index (χ1v) is 11.5. The van der Waals surface area contributed by atoms with Gasteiger partial charge in [0, 0.05) is 17.3 Å². The molecule has 0 saturated carbocycles. The van der Waals surface area contributed by atoms with Gasteiger partial charge in [-0.15, -0.1) is 0 Å². The number of hydrogen-bond donors (Lipinski definition) is 2. The second-order valence-electron chi connectivity index (χ2n) is 7.62. The Hall–Kier alpha value is -3.56. The maximum absolute atomic E-state index is 13.2. The topological polar surface area (TPSA) is 114 Å². The third-order valence-electron chi connectivity index (χ3n) is 4.74. The Morgan fingerprint density at radius 2 is 1.72 bits per heavy atom. The average Bonchev–Trinajstić information content (AvgIpc) is 3.14. The molecule has 164 valence electrons. The highest BCUT2D eigenvalue weighted by Crippen LogP contribution is 2.27. The maximum Gasteiger partial charge on any atom is 0.259 e. The van der Waals surface area contributed by atoms with Crippen molar-refractivity contribution < 1.29 is 17.7 Å². The van der Waals surface area contributed by atoms with E-state index in [1.807, 2.05) is 30.3 Å². The molecule has 1 amide bonds. The van der Waals surface area contributed by atoms with Crippen LogP contribution >= 0.6 is 0 Å². The van der Waals surface area contributed by atoms with E-state index in [1.54, 1.807) is 39.0 Å². The van der Waals surface area contributed by atoms with Crippen molar-refractivity contribution in [3.63, 3.8) is 0 Å². The molecule has 2 aromatic carbocycles. The molecule has 0 aliphatic rings. The Morgan fingerprint density at radius 1 is 1.03 bits per heavy atom. The molecule has 0 spiro atoms. The van der Waals surface area contributed by atoms with E-state index in [-0.39, 0.29) is 22.6 Å². The maximum atomic E-state index is 13.2. The largest absolute Gasteiger partial charge is 0.335 e. The molecular weight excluding hydrogens is 428 g/mol. The standard InChI is InChI=1S/C23H22N4O4S/c1-14(2)27-32(29,30)18-11-9-17(10-12-18)24-22(28)19-13-20(16-7-5-4-6-8-16)25-23-21(19)15(3)26-31-23/h4-14,27H,1-3H3,(H,24,28). The molecule has 0 bridgehead atoms. The Bertz CT molecular complexity index is 1380. The van der Waals surface area contributed by atoms with Crippen LogP contribution in [0, 0.1) is 6.92 Å². The molecule has 4 aromatic rings. The third-order valence-corrected chi connectivity index (χ3v) is 6.42. The van der Waals surface area contributed by atoms with E-state index in [4.69, 9.17) is 4.52 Å². The second-order valence-corrected chi connectivity index (χ2v) is 9.34. The third kappa shape index (κ3) is 4.39. The number of aromatic nitrogens is 2. The van der Waals surface area contributed by atoms with Crippen LogP contribution < -0.4 is 10.0 Å². The lowest BCUT2D eigenvalue weighted by Crippen LogP contribution is -2.30. The first kappa shape index (κ1) is 21.7. The number of carbonyl (C=O) groups excluding carboxylic acids is 1. The normalized spacial score (nSPS) is 11.8. The zero-order chi connectivity index (χ0) is 22.9. The molecule has 0 saturated heterocycles. The van der Waals surface area contributed by atoms with E-state index in [0.29, 0.717) is 28.0 Å². The lowest BCUT2D eigenvalue weighted by Gasteiger charge is -2.11. The number of pyridine rings is 1. The number of anilines is 1. The molecule has 0 unspecified atom stereocenters. The van der Waals surface area contributed by atoms with Gasteiger partial charge < -0.3 is 9.84 Å². The van der Waals surface area contributed by atoms with Gasteiger partial charge in [0.25, 0.3) is 11.6 Å². The summed E-state index contributed by atoms with van der Waals surface area (Å²) in [5.74, 6) is -0.378. The number of benzene rings is 2. The van der Waals surface area contributed by atoms with E-state index in [1.165, 1.54) is 12.1 Å². The molecule has 0 aliphatic carbocycles. The Balaban J connectivity index is 1.66. The van der Waals surface area contributed by atoms with Gasteiger partial charge in [-0.05, 0) is 51.1 Å². The highest BCUT2D eigenvalue weighted by atomic mass is 32.2. The fourth-order valence-corrected chi connectivity index (χ4v) is 4.58. The van der Waals surface area contributed by atoms with Crippen LogP contribution in [0.15, 0.2) is 70.1 Å². The number of aryl methyl sites for hydroxylation is 1. The minimum absolute atomic E-state index is 0.122. The minimum Gasteiger partial charge on any atom is -0.335 e. The van der Waals surface area contributed by atoms with Crippen molar-refractivity contribution in [1.82, 2.24) is 14.9 Å². The molecule has 0 atom stereocenters. The van der Waals surface area contributed by atoms with Crippen molar-refractivity contribution in [2.45, 2.75) is 31.7 Å². The molecular formula is C23H22N4O4S. The van der Waals surface area contributed by atoms with Gasteiger partial charge in [0.2, 0.25) is 10.0 Å². The van der Waals surface area contributed by atoms with Crippen LogP contribution in [0.5, 0.6) is 0 Å². The number of hydrogen-bond acceptors (Lipinski definition) is 6. The first-order valence-electron chi connectivity index (χ1n) is 10.0. The molecule has 0 radical (unpaired) electrons. The summed E-state index contributed by atoms with van der Waals surface area (Å²) in [6.07, 6.45) is 0. The summed E-state index contributed by atoms with van der Waals surface area (Å²) in [4.78, 5) is 17.8. The van der Waals surface area contributed by atoms with Crippen molar-refractivity contribution in [3.8, 4) is 11.3 Å². The predicted octanol–water partition coefficient (Wildman–Crippen LogP) is 4.14. The second kappa shape index (κ2) is 8.52. The molecule has 4 rings (SSSR count). The van der Waals surface area contributed by atoms with E-state index in [2.05, 4.69) is 20.2 Å². The van der Waals surface area contributed by atoms with Crippen LogP contribution in [-0.2, 0) is 10.0 Å². The van der Waals surface area contributed by atoms with Crippen molar-refractivity contribution in [2.75, 3.05) is 5.32 Å². The predicted molar refractivity (Wildman–Crippen MR) is 122 cm³/mol. The molecule has 32 heavy (non-hydrogen) atoms. The molecule has 0 aliphatic heterocycles. The van der Waals surface area contributed by atoms with Crippen molar-refractivity contribution in [1.29, 1.82) is 0 Å². The van der Waals surface area contributed by atoms with Crippen molar-refractivity contribution in [2.24, 2.45) is 0 Å². The SMILES string of the molecule is Cc1noc2nc(-c3ccccc3)cc(C(=O)Nc3ccc(S(=O)(=O)NC(C)C)cc3)c12. The Morgan fingerprint density at radius 3 is 2.38 bits per heavy atom. The molecule has 9 heteroatoms. The summed E-state index contributed by atoms with van der Waals surface area (Å²) in [5.41, 5.74) is 3.07. The number of nitrogens with zero attached hydrogens (tertiary/aromatic N) is 2. The van der Waals surface area contributed by atoms with Gasteiger partial charge in [0.1, 0.15) is 0 Å². The summed E-state index contributed by atoms with van der Waals surface area (Å²) in [5, 5.41) is 7.30. The molecule has 2 aromatic heterocycles. The summed E-state index contributed by atoms with van der Waals surface area (Å²) in [7, 11) is -3.61. The fourth-order valence-electron chi connectivity index (χ4n) is 3.32. The van der Waals surface area contributed by atoms with E-state index in [0.717, 1.165) is 5.56 Å². The summed E-state index contributed by atoms with van der Waals surface area (Å²) in [6, 6.07) is 16.9. The van der Waals surface area contributed by atoms with Gasteiger partial charge >= 0.3 is 0 Å². The minimum atomic E-state index is -3.61. The Kier molecular flexibility index (Phi) is 5.77. The quantitative estimate of drug-likeness (QED) is 0.456. The van der Waals surface area contributed by atoms with Gasteiger partial charge in [-0.25, -0.2) is 18.1 Å². The van der Waals surface area contributed by atoms with Crippen molar-refractivity contribution >= 4 is 32.7 Å². The van der Waals surface area contributed by atoms with E-state index >= 15 is 0 Å². The van der Waals surface area contributed by atoms with Crippen molar-refractivity contribution in [3.05, 3.63) is 71.9 Å². The Labute approximate surface area is 185 Å². The molecule has 0 fully saturated rings. The van der Waals surface area contributed by atoms with E-state index in [9.17, 15) is 13.2 Å². The average molecular weight is 451 g/mol. The fraction of sp³-hybridized carbons (Fsp3) is 0.174. The molecule has 8 nitrogen and oxygen atoms in total. The van der Waals surface area contributed by atoms with Crippen LogP contribution in [0.3, 0.4) is 0 Å². The van der Waals surface area contributed by atoms with Gasteiger partial charge in [-0.1, -0.05) is 35.5 Å². The molecule has 2 heterocycles. The van der Waals surface area contributed by atoms with Gasteiger partial charge in [-0.3, -0.25) is 4.79 Å². The summed E-state index contributed by atoms with van der Waals surface area (Å²) >= 11 is 0. The number of rotatable bonds is 6. The number of fused-ring (bicyclic) bond motifs is 1. The monoisotopic (exact) mass is 450 g/mol. The first-order chi connectivity index (χ1) is 15.2. The van der Waals surface area contributed by atoms with Crippen LogP contribution in [-0.4, -0.2) is 30.5 Å². The van der Waals surface area contributed by atoms with E-state index < -0.39 is 10.0 Å². The highest BCUT2D eigenvalue weighted by Gasteiger charge is 2.20. The zero-order valence-corrected chi connectivity index (χ0v) is 18.6. The van der Waals surface area contributed by atoms with Gasteiger partial charge in [0.05, 0.1) is 27.2 Å². The number of amides is 1. The van der Waals surface area contributed by atoms with Crippen LogP contribution in [0.1, 0.15) is 29.9 Å². The molecule has 2 N–H and O–H groups in total. The number of nitrogens with one attached hydrogen (secondary N) is 2.